The average molecular weight is 192 g/mol. The van der Waals surface area contributed by atoms with Crippen molar-refractivity contribution in [2.75, 3.05) is 5.73 Å². The Bertz CT molecular complexity index is 374. The summed E-state index contributed by atoms with van der Waals surface area (Å²) in [7, 11) is 0. The van der Waals surface area contributed by atoms with E-state index in [1.807, 2.05) is 5.38 Å². The minimum Gasteiger partial charge on any atom is -0.375 e. The quantitative estimate of drug-likeness (QED) is 0.743. The van der Waals surface area contributed by atoms with Crippen LogP contribution in [0.15, 0.2) is 23.1 Å². The fourth-order valence-corrected chi connectivity index (χ4v) is 1.98. The molecule has 0 atom stereocenters. The highest BCUT2D eigenvalue weighted by atomic mass is 32.1. The summed E-state index contributed by atoms with van der Waals surface area (Å²) in [6.45, 7) is 2.16. The first-order valence-corrected chi connectivity index (χ1v) is 5.21. The number of anilines is 1. The van der Waals surface area contributed by atoms with Crippen molar-refractivity contribution in [3.63, 3.8) is 0 Å². The Morgan fingerprint density at radius 2 is 2.23 bits per heavy atom. The zero-order valence-corrected chi connectivity index (χ0v) is 8.40. The summed E-state index contributed by atoms with van der Waals surface area (Å²) in [6.07, 6.45) is 6.54. The third-order valence-corrected chi connectivity index (χ3v) is 2.88. The zero-order valence-electron chi connectivity index (χ0n) is 7.58. The predicted molar refractivity (Wildman–Crippen MR) is 57.5 cm³/mol. The van der Waals surface area contributed by atoms with E-state index >= 15 is 0 Å². The molecule has 0 aliphatic heterocycles. The minimum absolute atomic E-state index is 0.655. The van der Waals surface area contributed by atoms with Crippen LogP contribution in [0.25, 0.3) is 5.57 Å². The Hall–Kier alpha value is -1.09. The maximum Gasteiger partial charge on any atom is 0.180 e. The van der Waals surface area contributed by atoms with E-state index in [2.05, 4.69) is 24.1 Å². The van der Waals surface area contributed by atoms with E-state index < -0.39 is 0 Å². The molecule has 0 bridgehead atoms. The van der Waals surface area contributed by atoms with E-state index in [-0.39, 0.29) is 0 Å². The second-order valence-electron chi connectivity index (χ2n) is 3.28. The number of nitrogens with two attached hydrogens (primary N) is 1. The van der Waals surface area contributed by atoms with Gasteiger partial charge in [-0.3, -0.25) is 0 Å². The van der Waals surface area contributed by atoms with Gasteiger partial charge in [-0.05, 0) is 25.3 Å². The third kappa shape index (κ3) is 1.80. The van der Waals surface area contributed by atoms with E-state index in [1.54, 1.807) is 0 Å². The lowest BCUT2D eigenvalue weighted by atomic mass is 9.98. The number of allylic oxidation sites excluding steroid dienone is 4. The zero-order chi connectivity index (χ0) is 9.26. The molecule has 0 fully saturated rings. The van der Waals surface area contributed by atoms with Gasteiger partial charge in [0.15, 0.2) is 5.13 Å². The van der Waals surface area contributed by atoms with Crippen molar-refractivity contribution in [3.8, 4) is 0 Å². The van der Waals surface area contributed by atoms with Crippen LogP contribution in [0.4, 0.5) is 5.13 Å². The summed E-state index contributed by atoms with van der Waals surface area (Å²) in [5.41, 5.74) is 9.37. The van der Waals surface area contributed by atoms with Crippen LogP contribution in [0.2, 0.25) is 0 Å². The standard InChI is InChI=1S/C10H12N2S/c1-7-2-4-8(5-3-7)9-6-13-10(11)12-9/h2,4,6H,3,5H2,1H3,(H2,11,12). The van der Waals surface area contributed by atoms with Crippen molar-refractivity contribution in [1.29, 1.82) is 0 Å². The Labute approximate surface area is 81.8 Å². The summed E-state index contributed by atoms with van der Waals surface area (Å²) >= 11 is 1.50. The molecule has 13 heavy (non-hydrogen) atoms. The van der Waals surface area contributed by atoms with Crippen LogP contribution in [0.3, 0.4) is 0 Å². The molecule has 0 aromatic carbocycles. The van der Waals surface area contributed by atoms with Gasteiger partial charge < -0.3 is 5.73 Å². The second kappa shape index (κ2) is 3.34. The van der Waals surface area contributed by atoms with Gasteiger partial charge in [0.1, 0.15) is 0 Å². The van der Waals surface area contributed by atoms with Crippen LogP contribution in [0, 0.1) is 0 Å². The lowest BCUT2D eigenvalue weighted by Gasteiger charge is -2.09. The lowest BCUT2D eigenvalue weighted by Crippen LogP contribution is -1.92. The van der Waals surface area contributed by atoms with Crippen molar-refractivity contribution in [3.05, 3.63) is 28.8 Å². The highest BCUT2D eigenvalue weighted by Gasteiger charge is 2.08. The molecule has 0 spiro atoms. The van der Waals surface area contributed by atoms with Crippen LogP contribution in [-0.2, 0) is 0 Å². The molecule has 0 amide bonds. The van der Waals surface area contributed by atoms with Gasteiger partial charge in [-0.15, -0.1) is 11.3 Å². The molecule has 0 radical (unpaired) electrons. The summed E-state index contributed by atoms with van der Waals surface area (Å²) in [5.74, 6) is 0. The first-order valence-electron chi connectivity index (χ1n) is 4.33. The van der Waals surface area contributed by atoms with Crippen LogP contribution in [0.1, 0.15) is 25.5 Å². The molecule has 2 N–H and O–H groups in total. The highest BCUT2D eigenvalue weighted by molar-refractivity contribution is 7.13. The molecule has 0 saturated carbocycles. The van der Waals surface area contributed by atoms with E-state index in [4.69, 9.17) is 5.73 Å². The molecule has 1 aliphatic rings. The van der Waals surface area contributed by atoms with Gasteiger partial charge in [0.25, 0.3) is 0 Å². The average Bonchev–Trinajstić information content (AvgIpc) is 2.53. The molecule has 0 unspecified atom stereocenters. The molecule has 2 rings (SSSR count). The van der Waals surface area contributed by atoms with E-state index in [0.717, 1.165) is 18.5 Å². The molecule has 2 nitrogen and oxygen atoms in total. The van der Waals surface area contributed by atoms with E-state index in [1.165, 1.54) is 22.5 Å². The largest absolute Gasteiger partial charge is 0.375 e. The van der Waals surface area contributed by atoms with Crippen LogP contribution < -0.4 is 5.73 Å². The van der Waals surface area contributed by atoms with Crippen molar-refractivity contribution in [2.45, 2.75) is 19.8 Å². The molecule has 1 aromatic heterocycles. The molecular formula is C10H12N2S. The summed E-state index contributed by atoms with van der Waals surface area (Å²) in [5, 5.41) is 2.68. The summed E-state index contributed by atoms with van der Waals surface area (Å²) < 4.78 is 0. The van der Waals surface area contributed by atoms with E-state index in [0.29, 0.717) is 5.13 Å². The Balaban J connectivity index is 2.28. The van der Waals surface area contributed by atoms with Gasteiger partial charge in [0, 0.05) is 5.38 Å². The highest BCUT2D eigenvalue weighted by Crippen LogP contribution is 2.27. The van der Waals surface area contributed by atoms with Gasteiger partial charge in [-0.25, -0.2) is 4.98 Å². The predicted octanol–water partition coefficient (Wildman–Crippen LogP) is 2.85. The first-order chi connectivity index (χ1) is 6.25. The lowest BCUT2D eigenvalue weighted by molar-refractivity contribution is 0.971. The van der Waals surface area contributed by atoms with Crippen molar-refractivity contribution >= 4 is 22.0 Å². The Kier molecular flexibility index (Phi) is 2.19. The van der Waals surface area contributed by atoms with Gasteiger partial charge in [-0.2, -0.15) is 0 Å². The molecule has 0 saturated heterocycles. The normalized spacial score (nSPS) is 16.7. The summed E-state index contributed by atoms with van der Waals surface area (Å²) in [6, 6.07) is 0. The van der Waals surface area contributed by atoms with Crippen molar-refractivity contribution in [1.82, 2.24) is 4.98 Å². The number of aromatic nitrogens is 1. The smallest absolute Gasteiger partial charge is 0.180 e. The fraction of sp³-hybridized carbons (Fsp3) is 0.300. The third-order valence-electron chi connectivity index (χ3n) is 2.21. The van der Waals surface area contributed by atoms with Crippen molar-refractivity contribution < 1.29 is 0 Å². The molecule has 68 valence electrons. The molecular weight excluding hydrogens is 180 g/mol. The van der Waals surface area contributed by atoms with Gasteiger partial charge >= 0.3 is 0 Å². The van der Waals surface area contributed by atoms with Crippen LogP contribution in [0.5, 0.6) is 0 Å². The monoisotopic (exact) mass is 192 g/mol. The second-order valence-corrected chi connectivity index (χ2v) is 4.17. The molecule has 3 heteroatoms. The molecule has 1 aliphatic carbocycles. The number of hydrogen-bond donors (Lipinski definition) is 1. The molecule has 1 aromatic rings. The van der Waals surface area contributed by atoms with Gasteiger partial charge in [-0.1, -0.05) is 17.7 Å². The van der Waals surface area contributed by atoms with E-state index in [9.17, 15) is 0 Å². The van der Waals surface area contributed by atoms with Crippen molar-refractivity contribution in [2.24, 2.45) is 0 Å². The Morgan fingerprint density at radius 1 is 1.38 bits per heavy atom. The minimum atomic E-state index is 0.655. The maximum atomic E-state index is 5.58. The number of nitrogens with zero attached hydrogens (tertiary/aromatic N) is 1. The number of hydrogen-bond acceptors (Lipinski definition) is 3. The summed E-state index contributed by atoms with van der Waals surface area (Å²) in [4.78, 5) is 4.26. The van der Waals surface area contributed by atoms with Crippen LogP contribution in [-0.4, -0.2) is 4.98 Å². The number of thiazole rings is 1. The van der Waals surface area contributed by atoms with Gasteiger partial charge in [0.2, 0.25) is 0 Å². The van der Waals surface area contributed by atoms with Crippen LogP contribution >= 0.6 is 11.3 Å². The SMILES string of the molecule is CC1=CC=C(c2csc(N)n2)CC1. The number of nitrogen functional groups attached to an aromatic ring is 1. The number of rotatable bonds is 1. The Morgan fingerprint density at radius 3 is 2.77 bits per heavy atom. The topological polar surface area (TPSA) is 38.9 Å². The fourth-order valence-electron chi connectivity index (χ4n) is 1.39. The first kappa shape index (κ1) is 8.51. The maximum absolute atomic E-state index is 5.58. The molecule has 1 heterocycles. The van der Waals surface area contributed by atoms with Gasteiger partial charge in [0.05, 0.1) is 5.69 Å².